The summed E-state index contributed by atoms with van der Waals surface area (Å²) in [7, 11) is 2.14. The monoisotopic (exact) mass is 595 g/mol. The lowest BCUT2D eigenvalue weighted by molar-refractivity contribution is -0.144. The quantitative estimate of drug-likeness (QED) is 0.328. The Balaban J connectivity index is 2.17. The Morgan fingerprint density at radius 2 is 1.69 bits per heavy atom. The van der Waals surface area contributed by atoms with E-state index in [1.165, 1.54) is 19.1 Å². The van der Waals surface area contributed by atoms with Gasteiger partial charge in [0.25, 0.3) is 0 Å². The molecule has 0 saturated carbocycles. The molecule has 15 heteroatoms. The standard InChI is InChI=1S/C21H15BrClF4N3O6/c1-9(17(31)35-3)29-18(32)28(2)19(33)30(20(29)34)15-8-10(4-5-12(15)22)36-11-6-13(23)16(14(24)7-11)21(25,26)27/h4-9H,1-3H3. The van der Waals surface area contributed by atoms with Crippen molar-refractivity contribution in [3.05, 3.63) is 82.7 Å². The molecule has 1 atom stereocenters. The minimum absolute atomic E-state index is 0.129. The number of esters is 1. The van der Waals surface area contributed by atoms with Gasteiger partial charge in [0.2, 0.25) is 0 Å². The topological polar surface area (TPSA) is 102 Å². The summed E-state index contributed by atoms with van der Waals surface area (Å²) in [6, 6.07) is 3.60. The fourth-order valence-corrected chi connectivity index (χ4v) is 3.95. The number of aromatic nitrogens is 3. The number of nitrogens with zero attached hydrogens (tertiary/aromatic N) is 3. The third-order valence-corrected chi connectivity index (χ3v) is 5.96. The van der Waals surface area contributed by atoms with E-state index in [4.69, 9.17) is 16.3 Å². The van der Waals surface area contributed by atoms with Gasteiger partial charge in [0, 0.05) is 29.7 Å². The molecule has 0 saturated heterocycles. The van der Waals surface area contributed by atoms with Crippen molar-refractivity contribution >= 4 is 33.5 Å². The van der Waals surface area contributed by atoms with Crippen LogP contribution in [0.4, 0.5) is 17.6 Å². The van der Waals surface area contributed by atoms with E-state index in [0.717, 1.165) is 26.3 Å². The highest BCUT2D eigenvalue weighted by molar-refractivity contribution is 9.10. The van der Waals surface area contributed by atoms with Crippen LogP contribution in [0.1, 0.15) is 18.5 Å². The molecule has 9 nitrogen and oxygen atoms in total. The van der Waals surface area contributed by atoms with E-state index in [0.29, 0.717) is 19.8 Å². The number of alkyl halides is 3. The second kappa shape index (κ2) is 9.93. The molecular weight excluding hydrogens is 582 g/mol. The highest BCUT2D eigenvalue weighted by atomic mass is 79.9. The average molecular weight is 597 g/mol. The molecule has 0 amide bonds. The van der Waals surface area contributed by atoms with Gasteiger partial charge in [-0.3, -0.25) is 0 Å². The smallest absolute Gasteiger partial charge is 0.420 e. The van der Waals surface area contributed by atoms with Crippen LogP contribution in [0.15, 0.2) is 49.2 Å². The first-order chi connectivity index (χ1) is 16.7. The Morgan fingerprint density at radius 1 is 1.06 bits per heavy atom. The zero-order valence-electron chi connectivity index (χ0n) is 18.5. The molecule has 0 aliphatic heterocycles. The van der Waals surface area contributed by atoms with Gasteiger partial charge >= 0.3 is 29.2 Å². The van der Waals surface area contributed by atoms with Gasteiger partial charge in [-0.2, -0.15) is 13.2 Å². The number of rotatable bonds is 5. The van der Waals surface area contributed by atoms with E-state index in [-0.39, 0.29) is 15.9 Å². The number of halogens is 6. The van der Waals surface area contributed by atoms with Gasteiger partial charge in [0.05, 0.1) is 17.8 Å². The van der Waals surface area contributed by atoms with Gasteiger partial charge in [-0.1, -0.05) is 11.6 Å². The van der Waals surface area contributed by atoms with E-state index in [2.05, 4.69) is 20.7 Å². The SMILES string of the molecule is COC(=O)C(C)n1c(=O)n(C)c(=O)n(-c2cc(Oc3cc(F)c(C(F)(F)F)c(Cl)c3)ccc2Br)c1=O. The second-order valence-electron chi connectivity index (χ2n) is 7.29. The molecule has 3 aromatic rings. The third kappa shape index (κ3) is 4.95. The van der Waals surface area contributed by atoms with Gasteiger partial charge < -0.3 is 9.47 Å². The molecule has 1 unspecified atom stereocenters. The Bertz CT molecular complexity index is 1520. The molecule has 1 heterocycles. The van der Waals surface area contributed by atoms with Crippen LogP contribution in [0.5, 0.6) is 11.5 Å². The predicted molar refractivity (Wildman–Crippen MR) is 122 cm³/mol. The maximum absolute atomic E-state index is 14.1. The van der Waals surface area contributed by atoms with Crippen LogP contribution in [0, 0.1) is 5.82 Å². The summed E-state index contributed by atoms with van der Waals surface area (Å²) in [5.41, 5.74) is -5.13. The van der Waals surface area contributed by atoms with Crippen LogP contribution < -0.4 is 21.8 Å². The number of benzene rings is 2. The lowest BCUT2D eigenvalue weighted by atomic mass is 10.2. The Hall–Kier alpha value is -3.39. The van der Waals surface area contributed by atoms with Crippen molar-refractivity contribution in [3.8, 4) is 17.2 Å². The zero-order valence-corrected chi connectivity index (χ0v) is 20.9. The first-order valence-corrected chi connectivity index (χ1v) is 10.9. The molecule has 36 heavy (non-hydrogen) atoms. The molecule has 2 aromatic carbocycles. The first kappa shape index (κ1) is 27.2. The molecule has 0 aliphatic carbocycles. The van der Waals surface area contributed by atoms with Crippen LogP contribution in [0.25, 0.3) is 5.69 Å². The minimum atomic E-state index is -5.03. The summed E-state index contributed by atoms with van der Waals surface area (Å²) in [6.45, 7) is 1.22. The largest absolute Gasteiger partial charge is 0.467 e. The lowest BCUT2D eigenvalue weighted by Crippen LogP contribution is -2.54. The van der Waals surface area contributed by atoms with E-state index < -0.39 is 57.4 Å². The van der Waals surface area contributed by atoms with E-state index in [1.54, 1.807) is 0 Å². The van der Waals surface area contributed by atoms with E-state index in [9.17, 15) is 36.7 Å². The van der Waals surface area contributed by atoms with Crippen LogP contribution in [0.2, 0.25) is 5.02 Å². The van der Waals surface area contributed by atoms with Crippen molar-refractivity contribution in [1.29, 1.82) is 0 Å². The highest BCUT2D eigenvalue weighted by Gasteiger charge is 2.37. The third-order valence-electron chi connectivity index (χ3n) is 4.99. The van der Waals surface area contributed by atoms with E-state index >= 15 is 0 Å². The molecule has 0 N–H and O–H groups in total. The summed E-state index contributed by atoms with van der Waals surface area (Å²) in [4.78, 5) is 50.5. The lowest BCUT2D eigenvalue weighted by Gasteiger charge is -2.17. The Morgan fingerprint density at radius 3 is 2.25 bits per heavy atom. The van der Waals surface area contributed by atoms with Gasteiger partial charge in [-0.15, -0.1) is 0 Å². The van der Waals surface area contributed by atoms with Crippen molar-refractivity contribution in [2.75, 3.05) is 7.11 Å². The molecule has 0 radical (unpaired) electrons. The number of hydrogen-bond acceptors (Lipinski definition) is 6. The summed E-state index contributed by atoms with van der Waals surface area (Å²) >= 11 is 8.76. The van der Waals surface area contributed by atoms with Crippen molar-refractivity contribution in [2.45, 2.75) is 19.1 Å². The maximum Gasteiger partial charge on any atom is 0.420 e. The molecule has 0 bridgehead atoms. The summed E-state index contributed by atoms with van der Waals surface area (Å²) in [5.74, 6) is -3.12. The second-order valence-corrected chi connectivity index (χ2v) is 8.55. The van der Waals surface area contributed by atoms with Crippen molar-refractivity contribution in [2.24, 2.45) is 7.05 Å². The van der Waals surface area contributed by atoms with Crippen LogP contribution >= 0.6 is 27.5 Å². The summed E-state index contributed by atoms with van der Waals surface area (Å²) in [6.07, 6.45) is -5.03. The number of methoxy groups -OCH3 is 1. The fourth-order valence-electron chi connectivity index (χ4n) is 3.22. The fraction of sp³-hybridized carbons (Fsp3) is 0.238. The van der Waals surface area contributed by atoms with Crippen LogP contribution in [0.3, 0.4) is 0 Å². The van der Waals surface area contributed by atoms with E-state index in [1.807, 2.05) is 0 Å². The molecule has 1 aromatic heterocycles. The predicted octanol–water partition coefficient (Wildman–Crippen LogP) is 3.80. The van der Waals surface area contributed by atoms with Crippen LogP contribution in [-0.2, 0) is 22.8 Å². The molecule has 0 fully saturated rings. The first-order valence-electron chi connectivity index (χ1n) is 9.75. The molecular formula is C21H15BrClF4N3O6. The molecule has 192 valence electrons. The Labute approximate surface area is 212 Å². The zero-order chi connectivity index (χ0) is 27.1. The van der Waals surface area contributed by atoms with Gasteiger partial charge in [0.1, 0.15) is 28.9 Å². The number of hydrogen-bond donors (Lipinski definition) is 0. The van der Waals surface area contributed by atoms with Gasteiger partial charge in [0.15, 0.2) is 0 Å². The normalized spacial score (nSPS) is 12.4. The molecule has 3 rings (SSSR count). The summed E-state index contributed by atoms with van der Waals surface area (Å²) in [5, 5.41) is -0.941. The minimum Gasteiger partial charge on any atom is -0.467 e. The number of ether oxygens (including phenoxy) is 2. The van der Waals surface area contributed by atoms with Crippen molar-refractivity contribution in [1.82, 2.24) is 13.7 Å². The average Bonchev–Trinajstić information content (AvgIpc) is 2.77. The number of carbonyl (C=O) groups is 1. The van der Waals surface area contributed by atoms with Crippen molar-refractivity contribution in [3.63, 3.8) is 0 Å². The van der Waals surface area contributed by atoms with Crippen molar-refractivity contribution < 1.29 is 31.8 Å². The van der Waals surface area contributed by atoms with Gasteiger partial charge in [-0.25, -0.2) is 37.3 Å². The molecule has 0 aliphatic rings. The molecule has 0 spiro atoms. The maximum atomic E-state index is 14.1. The Kier molecular flexibility index (Phi) is 7.50. The van der Waals surface area contributed by atoms with Gasteiger partial charge in [-0.05, 0) is 35.0 Å². The highest BCUT2D eigenvalue weighted by Crippen LogP contribution is 2.39. The number of carbonyl (C=O) groups excluding carboxylic acids is 1. The summed E-state index contributed by atoms with van der Waals surface area (Å²) < 4.78 is 64.8. The van der Waals surface area contributed by atoms with Crippen LogP contribution in [-0.4, -0.2) is 26.8 Å².